The number of rotatable bonds is 9. The Bertz CT molecular complexity index is 1850. The maximum atomic E-state index is 13.7. The monoisotopic (exact) mass is 655 g/mol. The number of fused-ring (bicyclic) bond motifs is 3. The first-order chi connectivity index (χ1) is 22.7. The number of aromatic nitrogens is 2. The Balaban J connectivity index is 1.06. The number of methoxy groups -OCH3 is 1. The fraction of sp³-hybridized carbons (Fsp3) is 0.459. The van der Waals surface area contributed by atoms with Gasteiger partial charge in [0.05, 0.1) is 18.1 Å². The van der Waals surface area contributed by atoms with Gasteiger partial charge in [-0.15, -0.1) is 0 Å². The molecule has 3 aromatic carbocycles. The van der Waals surface area contributed by atoms with Crippen LogP contribution >= 0.6 is 0 Å². The Morgan fingerprint density at radius 2 is 1.64 bits per heavy atom. The van der Waals surface area contributed by atoms with Crippen molar-refractivity contribution >= 4 is 27.0 Å². The minimum Gasteiger partial charge on any atom is -0.495 e. The second-order valence-corrected chi connectivity index (χ2v) is 15.4. The molecule has 3 saturated heterocycles. The van der Waals surface area contributed by atoms with E-state index in [0.717, 1.165) is 50.0 Å². The van der Waals surface area contributed by atoms with Crippen LogP contribution in [0.25, 0.3) is 11.0 Å². The summed E-state index contributed by atoms with van der Waals surface area (Å²) in [5.74, 6) is 1.18. The van der Waals surface area contributed by atoms with Gasteiger partial charge < -0.3 is 14.2 Å². The molecule has 4 heterocycles. The molecular weight excluding hydrogens is 611 g/mol. The van der Waals surface area contributed by atoms with Gasteiger partial charge in [-0.05, 0) is 107 Å². The molecule has 0 saturated carbocycles. The van der Waals surface area contributed by atoms with Crippen molar-refractivity contribution in [1.82, 2.24) is 24.1 Å². The van der Waals surface area contributed by atoms with Crippen molar-refractivity contribution in [2.24, 2.45) is 0 Å². The van der Waals surface area contributed by atoms with Crippen molar-refractivity contribution in [3.05, 3.63) is 89.7 Å². The normalized spacial score (nSPS) is 22.9. The average molecular weight is 656 g/mol. The van der Waals surface area contributed by atoms with Crippen LogP contribution in [0.3, 0.4) is 0 Å². The van der Waals surface area contributed by atoms with Crippen molar-refractivity contribution in [2.45, 2.75) is 80.3 Å². The molecule has 3 aliphatic rings. The van der Waals surface area contributed by atoms with Gasteiger partial charge in [-0.25, -0.2) is 18.1 Å². The number of ether oxygens (including phenoxy) is 1. The Morgan fingerprint density at radius 1 is 0.957 bits per heavy atom. The summed E-state index contributed by atoms with van der Waals surface area (Å²) < 4.78 is 35.4. The van der Waals surface area contributed by atoms with Gasteiger partial charge in [0.25, 0.3) is 5.91 Å². The number of nitrogens with one attached hydrogen (secondary N) is 1. The molecule has 0 spiro atoms. The van der Waals surface area contributed by atoms with Gasteiger partial charge >= 0.3 is 0 Å². The Morgan fingerprint density at radius 3 is 2.32 bits per heavy atom. The van der Waals surface area contributed by atoms with Crippen LogP contribution in [0.15, 0.2) is 77.7 Å². The zero-order valence-electron chi connectivity index (χ0n) is 27.6. The predicted octanol–water partition coefficient (Wildman–Crippen LogP) is 5.69. The van der Waals surface area contributed by atoms with Gasteiger partial charge in [0.2, 0.25) is 10.0 Å². The topological polar surface area (TPSA) is 96.8 Å². The summed E-state index contributed by atoms with van der Waals surface area (Å²) in [4.78, 5) is 23.2. The van der Waals surface area contributed by atoms with E-state index in [1.54, 1.807) is 12.1 Å². The number of imidazole rings is 1. The van der Waals surface area contributed by atoms with Gasteiger partial charge in [0.15, 0.2) is 0 Å². The van der Waals surface area contributed by atoms with Gasteiger partial charge in [-0.2, -0.15) is 0 Å². The van der Waals surface area contributed by atoms with Crippen LogP contribution < -0.4 is 9.46 Å². The smallest absolute Gasteiger partial charge is 0.253 e. The lowest BCUT2D eigenvalue weighted by Crippen LogP contribution is -2.49. The number of likely N-dealkylation sites (tertiary alicyclic amines) is 1. The van der Waals surface area contributed by atoms with Crippen molar-refractivity contribution in [3.63, 3.8) is 0 Å². The summed E-state index contributed by atoms with van der Waals surface area (Å²) in [5, 5.41) is 0. The number of piperidine rings is 2. The molecule has 1 aromatic heterocycles. The van der Waals surface area contributed by atoms with Crippen LogP contribution in [0.2, 0.25) is 0 Å². The lowest BCUT2D eigenvalue weighted by molar-refractivity contribution is 0.0606. The summed E-state index contributed by atoms with van der Waals surface area (Å²) in [6.07, 6.45) is 7.61. The maximum Gasteiger partial charge on any atom is 0.253 e. The first-order valence-electron chi connectivity index (χ1n) is 16.9. The van der Waals surface area contributed by atoms with E-state index in [1.165, 1.54) is 44.1 Å². The largest absolute Gasteiger partial charge is 0.495 e. The molecule has 2 bridgehead atoms. The van der Waals surface area contributed by atoms with E-state index in [4.69, 9.17) is 9.72 Å². The Hall–Kier alpha value is -3.73. The maximum absolute atomic E-state index is 13.7. The average Bonchev–Trinajstić information content (AvgIpc) is 3.57. The molecule has 4 aromatic rings. The molecule has 3 fully saturated rings. The number of carbonyl (C=O) groups is 1. The summed E-state index contributed by atoms with van der Waals surface area (Å²) in [6, 6.07) is 25.6. The third-order valence-electron chi connectivity index (χ3n) is 11.2. The van der Waals surface area contributed by atoms with E-state index in [-0.39, 0.29) is 22.0 Å². The third-order valence-corrected chi connectivity index (χ3v) is 12.6. The number of amides is 1. The van der Waals surface area contributed by atoms with Gasteiger partial charge in [-0.1, -0.05) is 42.5 Å². The van der Waals surface area contributed by atoms with E-state index < -0.39 is 10.0 Å². The quantitative estimate of drug-likeness (QED) is 0.249. The summed E-state index contributed by atoms with van der Waals surface area (Å²) >= 11 is 0. The van der Waals surface area contributed by atoms with E-state index in [2.05, 4.69) is 75.7 Å². The number of para-hydroxylation sites is 2. The second kappa shape index (κ2) is 12.7. The van der Waals surface area contributed by atoms with Crippen molar-refractivity contribution in [2.75, 3.05) is 33.8 Å². The summed E-state index contributed by atoms with van der Waals surface area (Å²) in [6.45, 7) is 4.44. The van der Waals surface area contributed by atoms with Crippen molar-refractivity contribution in [3.8, 4) is 5.75 Å². The van der Waals surface area contributed by atoms with Crippen LogP contribution in [0.5, 0.6) is 5.75 Å². The molecule has 3 atom stereocenters. The summed E-state index contributed by atoms with van der Waals surface area (Å²) in [5.41, 5.74) is 4.02. The number of aryl methyl sites for hydroxylation is 1. The SMILES string of the molecule is CNS(=O)(=O)c1cc(C(=O)N2CCC(CCN3[C@@H]4CC[C@H]3C[C@@H](n3c(C)nc5ccccc53)C4)(c3ccccc3)CC2)ccc1OC. The number of benzene rings is 3. The van der Waals surface area contributed by atoms with E-state index in [0.29, 0.717) is 36.8 Å². The second-order valence-electron chi connectivity index (χ2n) is 13.5. The Labute approximate surface area is 278 Å². The fourth-order valence-corrected chi connectivity index (χ4v) is 9.63. The number of nitrogens with zero attached hydrogens (tertiary/aromatic N) is 4. The standard InChI is InChI=1S/C37H45N5O4S/c1-26-39-32-11-7-8-12-33(32)42(26)31-24-29-14-15-30(25-31)41(29)22-19-37(28-9-5-4-6-10-28)17-20-40(21-18-37)36(43)27-13-16-34(46-3)35(23-27)47(44,45)38-2/h4-13,16,23,29-31,38H,14-15,17-22,24-25H2,1-3H3/t29-,30+,31+. The Kier molecular flexibility index (Phi) is 8.61. The van der Waals surface area contributed by atoms with Gasteiger partial charge in [-0.3, -0.25) is 9.69 Å². The number of hydrogen-bond acceptors (Lipinski definition) is 6. The number of carbonyl (C=O) groups excluding carboxylic acids is 1. The molecule has 1 N–H and O–H groups in total. The molecule has 47 heavy (non-hydrogen) atoms. The van der Waals surface area contributed by atoms with Crippen LogP contribution in [0.4, 0.5) is 0 Å². The van der Waals surface area contributed by atoms with Crippen LogP contribution in [-0.4, -0.2) is 79.6 Å². The highest BCUT2D eigenvalue weighted by Gasteiger charge is 2.44. The molecule has 7 rings (SSSR count). The van der Waals surface area contributed by atoms with Gasteiger partial charge in [0.1, 0.15) is 16.5 Å². The van der Waals surface area contributed by atoms with Gasteiger partial charge in [0, 0.05) is 36.8 Å². The zero-order chi connectivity index (χ0) is 32.8. The minimum absolute atomic E-state index is 0.0218. The molecule has 10 heteroatoms. The molecule has 3 aliphatic heterocycles. The first-order valence-corrected chi connectivity index (χ1v) is 18.4. The molecule has 0 unspecified atom stereocenters. The van der Waals surface area contributed by atoms with Crippen LogP contribution in [0.1, 0.15) is 72.7 Å². The first kappa shape index (κ1) is 31.8. The highest BCUT2D eigenvalue weighted by Crippen LogP contribution is 2.45. The lowest BCUT2D eigenvalue weighted by atomic mass is 9.70. The molecule has 0 radical (unpaired) electrons. The van der Waals surface area contributed by atoms with Crippen molar-refractivity contribution < 1.29 is 17.9 Å². The summed E-state index contributed by atoms with van der Waals surface area (Å²) in [7, 11) is -1.01. The van der Waals surface area contributed by atoms with Crippen LogP contribution in [0, 0.1) is 6.92 Å². The number of hydrogen-bond donors (Lipinski definition) is 1. The van der Waals surface area contributed by atoms with E-state index in [9.17, 15) is 13.2 Å². The predicted molar refractivity (Wildman–Crippen MR) is 183 cm³/mol. The highest BCUT2D eigenvalue weighted by atomic mass is 32.2. The van der Waals surface area contributed by atoms with Crippen molar-refractivity contribution in [1.29, 1.82) is 0 Å². The molecular formula is C37H45N5O4S. The number of sulfonamides is 1. The minimum atomic E-state index is -3.79. The molecule has 248 valence electrons. The lowest BCUT2D eigenvalue weighted by Gasteiger charge is -2.45. The highest BCUT2D eigenvalue weighted by molar-refractivity contribution is 7.89. The molecule has 0 aliphatic carbocycles. The van der Waals surface area contributed by atoms with E-state index in [1.807, 2.05) is 4.90 Å². The zero-order valence-corrected chi connectivity index (χ0v) is 28.4. The molecule has 9 nitrogen and oxygen atoms in total. The fourth-order valence-electron chi connectivity index (χ4n) is 8.72. The van der Waals surface area contributed by atoms with E-state index >= 15 is 0 Å². The molecule has 1 amide bonds. The third kappa shape index (κ3) is 5.85. The van der Waals surface area contributed by atoms with Crippen LogP contribution in [-0.2, 0) is 15.4 Å².